The number of para-hydroxylation sites is 2. The van der Waals surface area contributed by atoms with Crippen LogP contribution in [0.4, 0.5) is 4.79 Å². The van der Waals surface area contributed by atoms with Crippen molar-refractivity contribution in [1.82, 2.24) is 18.9 Å². The van der Waals surface area contributed by atoms with Crippen molar-refractivity contribution in [2.75, 3.05) is 39.5 Å². The second kappa shape index (κ2) is 8.66. The summed E-state index contributed by atoms with van der Waals surface area (Å²) in [6.45, 7) is 3.17. The fourth-order valence-electron chi connectivity index (χ4n) is 5.00. The molecule has 2 aliphatic rings. The van der Waals surface area contributed by atoms with Crippen molar-refractivity contribution in [2.24, 2.45) is 0 Å². The average molecular weight is 451 g/mol. The minimum Gasteiger partial charge on any atom is -0.453 e. The lowest BCUT2D eigenvalue weighted by Crippen LogP contribution is -2.49. The van der Waals surface area contributed by atoms with Crippen LogP contribution in [0.1, 0.15) is 31.7 Å². The summed E-state index contributed by atoms with van der Waals surface area (Å²) in [6.07, 6.45) is 4.41. The third-order valence-electron chi connectivity index (χ3n) is 6.51. The molecule has 0 radical (unpaired) electrons. The molecule has 2 aliphatic heterocycles. The SMILES string of the molecule is COC(=O)N1CCC(N2CCC(n3c(=O)n(CS(C)(=O)=O)c4ccccc43)CC2)CC1. The number of hydrogen-bond donors (Lipinski definition) is 0. The maximum atomic E-state index is 13.2. The van der Waals surface area contributed by atoms with Crippen LogP contribution in [-0.2, 0) is 20.5 Å². The van der Waals surface area contributed by atoms with Crippen molar-refractivity contribution < 1.29 is 17.9 Å². The van der Waals surface area contributed by atoms with Crippen LogP contribution >= 0.6 is 0 Å². The predicted molar refractivity (Wildman–Crippen MR) is 118 cm³/mol. The lowest BCUT2D eigenvalue weighted by atomic mass is 9.97. The maximum absolute atomic E-state index is 13.2. The van der Waals surface area contributed by atoms with Gasteiger partial charge >= 0.3 is 11.8 Å². The fourth-order valence-corrected chi connectivity index (χ4v) is 5.71. The van der Waals surface area contributed by atoms with Crippen LogP contribution in [-0.4, -0.2) is 79.0 Å². The minimum atomic E-state index is -3.34. The van der Waals surface area contributed by atoms with Gasteiger partial charge in [-0.1, -0.05) is 12.1 Å². The maximum Gasteiger partial charge on any atom is 0.409 e. The molecule has 2 saturated heterocycles. The number of methoxy groups -OCH3 is 1. The molecule has 0 aliphatic carbocycles. The Balaban J connectivity index is 1.48. The monoisotopic (exact) mass is 450 g/mol. The molecule has 0 unspecified atom stereocenters. The van der Waals surface area contributed by atoms with Crippen LogP contribution in [0.3, 0.4) is 0 Å². The van der Waals surface area contributed by atoms with Crippen molar-refractivity contribution in [3.8, 4) is 0 Å². The Morgan fingerprint density at radius 3 is 2.16 bits per heavy atom. The van der Waals surface area contributed by atoms with Gasteiger partial charge in [0.05, 0.1) is 18.1 Å². The molecule has 10 heteroatoms. The van der Waals surface area contributed by atoms with Crippen molar-refractivity contribution in [3.63, 3.8) is 0 Å². The Kier molecular flexibility index (Phi) is 6.11. The number of carbonyl (C=O) groups excluding carboxylic acids is 1. The van der Waals surface area contributed by atoms with Gasteiger partial charge in [0.15, 0.2) is 9.84 Å². The van der Waals surface area contributed by atoms with Gasteiger partial charge in [-0.3, -0.25) is 9.13 Å². The van der Waals surface area contributed by atoms with Gasteiger partial charge in [0.1, 0.15) is 5.88 Å². The largest absolute Gasteiger partial charge is 0.453 e. The van der Waals surface area contributed by atoms with Gasteiger partial charge in [-0.25, -0.2) is 18.0 Å². The Bertz CT molecular complexity index is 1110. The van der Waals surface area contributed by atoms with E-state index in [9.17, 15) is 18.0 Å². The summed E-state index contributed by atoms with van der Waals surface area (Å²) in [6, 6.07) is 7.89. The lowest BCUT2D eigenvalue weighted by Gasteiger charge is -2.41. The number of imidazole rings is 1. The number of nitrogens with zero attached hydrogens (tertiary/aromatic N) is 4. The number of sulfone groups is 1. The van der Waals surface area contributed by atoms with E-state index in [4.69, 9.17) is 4.74 Å². The van der Waals surface area contributed by atoms with Crippen LogP contribution in [0.15, 0.2) is 29.1 Å². The molecule has 0 bridgehead atoms. The molecule has 2 fully saturated rings. The van der Waals surface area contributed by atoms with E-state index in [2.05, 4.69) is 4.90 Å². The van der Waals surface area contributed by atoms with Crippen LogP contribution < -0.4 is 5.69 Å². The van der Waals surface area contributed by atoms with Gasteiger partial charge in [-0.05, 0) is 37.8 Å². The highest BCUT2D eigenvalue weighted by Gasteiger charge is 2.31. The summed E-state index contributed by atoms with van der Waals surface area (Å²) >= 11 is 0. The van der Waals surface area contributed by atoms with E-state index >= 15 is 0 Å². The highest BCUT2D eigenvalue weighted by molar-refractivity contribution is 7.89. The van der Waals surface area contributed by atoms with Crippen LogP contribution in [0.2, 0.25) is 0 Å². The summed E-state index contributed by atoms with van der Waals surface area (Å²) in [5.41, 5.74) is 1.20. The minimum absolute atomic E-state index is 0.0459. The molecule has 1 aromatic carbocycles. The number of fused-ring (bicyclic) bond motifs is 1. The van der Waals surface area contributed by atoms with E-state index in [0.29, 0.717) is 24.6 Å². The smallest absolute Gasteiger partial charge is 0.409 e. The summed E-state index contributed by atoms with van der Waals surface area (Å²) in [7, 11) is -1.93. The summed E-state index contributed by atoms with van der Waals surface area (Å²) < 4.78 is 31.7. The number of ether oxygens (including phenoxy) is 1. The zero-order valence-electron chi connectivity index (χ0n) is 18.1. The molecule has 0 N–H and O–H groups in total. The molecular formula is C21H30N4O5S. The second-order valence-electron chi connectivity index (χ2n) is 8.58. The fraction of sp³-hybridized carbons (Fsp3) is 0.619. The number of rotatable bonds is 4. The third-order valence-corrected chi connectivity index (χ3v) is 7.24. The Hall–Kier alpha value is -2.33. The highest BCUT2D eigenvalue weighted by Crippen LogP contribution is 2.29. The number of amides is 1. The van der Waals surface area contributed by atoms with E-state index in [1.165, 1.54) is 11.7 Å². The zero-order chi connectivity index (χ0) is 22.2. The molecule has 0 atom stereocenters. The summed E-state index contributed by atoms with van der Waals surface area (Å²) in [5, 5.41) is 0. The van der Waals surface area contributed by atoms with Gasteiger partial charge < -0.3 is 14.5 Å². The quantitative estimate of drug-likeness (QED) is 0.704. The number of carbonyl (C=O) groups is 1. The molecular weight excluding hydrogens is 420 g/mol. The first-order valence-corrected chi connectivity index (χ1v) is 12.8. The van der Waals surface area contributed by atoms with Crippen LogP contribution in [0, 0.1) is 0 Å². The molecule has 9 nitrogen and oxygen atoms in total. The van der Waals surface area contributed by atoms with Crippen LogP contribution in [0.25, 0.3) is 11.0 Å². The second-order valence-corrected chi connectivity index (χ2v) is 10.7. The predicted octanol–water partition coefficient (Wildman–Crippen LogP) is 1.67. The average Bonchev–Trinajstić information content (AvgIpc) is 3.03. The third kappa shape index (κ3) is 4.50. The lowest BCUT2D eigenvalue weighted by molar-refractivity contribution is 0.0686. The van der Waals surface area contributed by atoms with E-state index in [1.54, 1.807) is 9.47 Å². The first-order valence-electron chi connectivity index (χ1n) is 10.7. The number of piperidine rings is 2. The molecule has 1 amide bonds. The van der Waals surface area contributed by atoms with Gasteiger partial charge in [0.2, 0.25) is 0 Å². The first kappa shape index (κ1) is 21.9. The molecule has 3 heterocycles. The normalized spacial score (nSPS) is 19.7. The van der Waals surface area contributed by atoms with Crippen molar-refractivity contribution in [3.05, 3.63) is 34.7 Å². The Morgan fingerprint density at radius 1 is 1.00 bits per heavy atom. The number of benzene rings is 1. The van der Waals surface area contributed by atoms with Gasteiger partial charge in [0, 0.05) is 44.5 Å². The van der Waals surface area contributed by atoms with E-state index in [1.807, 2.05) is 24.3 Å². The number of hydrogen-bond acceptors (Lipinski definition) is 6. The summed E-state index contributed by atoms with van der Waals surface area (Å²) in [4.78, 5) is 29.1. The summed E-state index contributed by atoms with van der Waals surface area (Å²) in [5.74, 6) is -0.309. The van der Waals surface area contributed by atoms with Gasteiger partial charge in [-0.15, -0.1) is 0 Å². The van der Waals surface area contributed by atoms with Crippen LogP contribution in [0.5, 0.6) is 0 Å². The first-order chi connectivity index (χ1) is 14.8. The van der Waals surface area contributed by atoms with Crippen molar-refractivity contribution in [2.45, 2.75) is 43.6 Å². The van der Waals surface area contributed by atoms with Gasteiger partial charge in [0.25, 0.3) is 0 Å². The van der Waals surface area contributed by atoms with Crippen molar-refractivity contribution >= 4 is 27.0 Å². The molecule has 170 valence electrons. The topological polar surface area (TPSA) is 93.8 Å². The Morgan fingerprint density at radius 2 is 1.58 bits per heavy atom. The van der Waals surface area contributed by atoms with Crippen molar-refractivity contribution in [1.29, 1.82) is 0 Å². The van der Waals surface area contributed by atoms with E-state index in [-0.39, 0.29) is 23.7 Å². The molecule has 4 rings (SSSR count). The molecule has 31 heavy (non-hydrogen) atoms. The van der Waals surface area contributed by atoms with E-state index in [0.717, 1.165) is 50.5 Å². The standard InChI is InChI=1S/C21H30N4O5S/c1-30-21(27)23-13-7-16(8-14-23)22-11-9-17(10-12-22)25-19-6-4-3-5-18(19)24(20(25)26)15-31(2,28)29/h3-6,16-17H,7-15H2,1-2H3. The number of aromatic nitrogens is 2. The number of likely N-dealkylation sites (tertiary alicyclic amines) is 2. The van der Waals surface area contributed by atoms with E-state index < -0.39 is 9.84 Å². The molecule has 0 spiro atoms. The Labute approximate surface area is 182 Å². The van der Waals surface area contributed by atoms with Gasteiger partial charge in [-0.2, -0.15) is 0 Å². The molecule has 0 saturated carbocycles. The zero-order valence-corrected chi connectivity index (χ0v) is 18.9. The molecule has 1 aromatic heterocycles. The molecule has 2 aromatic rings. The highest BCUT2D eigenvalue weighted by atomic mass is 32.2.